The number of nitrogens with zero attached hydrogens (tertiary/aromatic N) is 2. The smallest absolute Gasteiger partial charge is 0.293 e. The van der Waals surface area contributed by atoms with Crippen molar-refractivity contribution < 1.29 is 18.9 Å². The second-order valence-corrected chi connectivity index (χ2v) is 8.04. The van der Waals surface area contributed by atoms with Crippen LogP contribution in [0.3, 0.4) is 0 Å². The van der Waals surface area contributed by atoms with Crippen molar-refractivity contribution in [1.29, 1.82) is 0 Å². The first kappa shape index (κ1) is 21.3. The van der Waals surface area contributed by atoms with Gasteiger partial charge in [0.2, 0.25) is 0 Å². The van der Waals surface area contributed by atoms with Gasteiger partial charge in [-0.05, 0) is 36.8 Å². The molecule has 0 unspecified atom stereocenters. The number of nitro groups is 1. The highest BCUT2D eigenvalue weighted by molar-refractivity contribution is 7.15. The number of nitrogens with one attached hydrogen (secondary N) is 1. The lowest BCUT2D eigenvalue weighted by molar-refractivity contribution is -0.384. The Kier molecular flexibility index (Phi) is 6.27. The Balaban J connectivity index is 1.38. The summed E-state index contributed by atoms with van der Waals surface area (Å²) >= 11 is 1.33. The van der Waals surface area contributed by atoms with E-state index in [4.69, 9.17) is 9.15 Å². The topological polar surface area (TPSA) is 108 Å². The quantitative estimate of drug-likeness (QED) is 0.286. The first-order valence-corrected chi connectivity index (χ1v) is 10.6. The second kappa shape index (κ2) is 9.44. The molecule has 2 aromatic heterocycles. The zero-order valence-electron chi connectivity index (χ0n) is 17.1. The van der Waals surface area contributed by atoms with Gasteiger partial charge in [0.15, 0.2) is 10.9 Å². The number of carbonyl (C=O) groups is 1. The molecular formula is C23H19N3O5S. The highest BCUT2D eigenvalue weighted by atomic mass is 32.1. The maximum Gasteiger partial charge on any atom is 0.293 e. The van der Waals surface area contributed by atoms with E-state index < -0.39 is 10.8 Å². The Morgan fingerprint density at radius 3 is 2.75 bits per heavy atom. The van der Waals surface area contributed by atoms with E-state index in [1.165, 1.54) is 17.4 Å². The van der Waals surface area contributed by atoms with Crippen LogP contribution in [0.25, 0.3) is 0 Å². The van der Waals surface area contributed by atoms with Crippen molar-refractivity contribution in [3.05, 3.63) is 104 Å². The van der Waals surface area contributed by atoms with Gasteiger partial charge in [0, 0.05) is 23.4 Å². The Morgan fingerprint density at radius 1 is 1.16 bits per heavy atom. The molecule has 0 aliphatic heterocycles. The standard InChI is InChI=1S/C23H19N3O5S/c1-15-21(13-16-6-5-7-17(12-16)26(28)29)32-23(24-15)25-22(27)20-11-10-19(31-20)14-30-18-8-3-2-4-9-18/h2-12H,13-14H2,1H3,(H,24,25,27). The Morgan fingerprint density at radius 2 is 1.97 bits per heavy atom. The predicted octanol–water partition coefficient (Wildman–Crippen LogP) is 5.37. The number of nitro benzene ring substituents is 1. The fraction of sp³-hybridized carbons (Fsp3) is 0.130. The number of aromatic nitrogens is 1. The molecule has 1 amide bonds. The number of hydrogen-bond acceptors (Lipinski definition) is 7. The predicted molar refractivity (Wildman–Crippen MR) is 120 cm³/mol. The molecule has 0 radical (unpaired) electrons. The van der Waals surface area contributed by atoms with E-state index in [0.717, 1.165) is 16.1 Å². The Bertz CT molecular complexity index is 1250. The summed E-state index contributed by atoms with van der Waals surface area (Å²) in [6.45, 7) is 2.05. The highest BCUT2D eigenvalue weighted by Gasteiger charge is 2.16. The number of hydrogen-bond donors (Lipinski definition) is 1. The largest absolute Gasteiger partial charge is 0.486 e. The molecule has 0 aliphatic carbocycles. The average molecular weight is 449 g/mol. The third kappa shape index (κ3) is 5.19. The van der Waals surface area contributed by atoms with Crippen LogP contribution in [0.2, 0.25) is 0 Å². The van der Waals surface area contributed by atoms with Crippen molar-refractivity contribution in [2.45, 2.75) is 20.0 Å². The van der Waals surface area contributed by atoms with E-state index in [1.807, 2.05) is 43.3 Å². The number of amides is 1. The SMILES string of the molecule is Cc1nc(NC(=O)c2ccc(COc3ccccc3)o2)sc1Cc1cccc([N+](=O)[O-])c1. The summed E-state index contributed by atoms with van der Waals surface area (Å²) in [4.78, 5) is 28.4. The van der Waals surface area contributed by atoms with Crippen molar-refractivity contribution >= 4 is 28.1 Å². The molecule has 0 fully saturated rings. The number of rotatable bonds is 8. The van der Waals surface area contributed by atoms with Gasteiger partial charge in [-0.2, -0.15) is 0 Å². The van der Waals surface area contributed by atoms with Crippen LogP contribution in [0.5, 0.6) is 5.75 Å². The van der Waals surface area contributed by atoms with Gasteiger partial charge < -0.3 is 9.15 Å². The number of para-hydroxylation sites is 1. The van der Waals surface area contributed by atoms with Crippen molar-refractivity contribution in [2.24, 2.45) is 0 Å². The minimum atomic E-state index is -0.419. The molecule has 0 bridgehead atoms. The molecule has 0 saturated heterocycles. The number of benzene rings is 2. The number of non-ortho nitro benzene ring substituents is 1. The fourth-order valence-electron chi connectivity index (χ4n) is 3.02. The van der Waals surface area contributed by atoms with E-state index in [-0.39, 0.29) is 18.1 Å². The van der Waals surface area contributed by atoms with Crippen molar-refractivity contribution in [1.82, 2.24) is 4.98 Å². The Hall–Kier alpha value is -3.98. The summed E-state index contributed by atoms with van der Waals surface area (Å²) in [7, 11) is 0. The molecule has 1 N–H and O–H groups in total. The molecule has 0 spiro atoms. The fourth-order valence-corrected chi connectivity index (χ4v) is 4.01. The number of anilines is 1. The van der Waals surface area contributed by atoms with Gasteiger partial charge >= 0.3 is 0 Å². The molecule has 9 heteroatoms. The molecule has 8 nitrogen and oxygen atoms in total. The van der Waals surface area contributed by atoms with Crippen LogP contribution in [0, 0.1) is 17.0 Å². The first-order chi connectivity index (χ1) is 15.5. The van der Waals surface area contributed by atoms with Crippen LogP contribution in [0.4, 0.5) is 10.8 Å². The van der Waals surface area contributed by atoms with E-state index in [9.17, 15) is 14.9 Å². The summed E-state index contributed by atoms with van der Waals surface area (Å²) in [5.74, 6) is 0.987. The average Bonchev–Trinajstić information content (AvgIpc) is 3.40. The minimum Gasteiger partial charge on any atom is -0.486 e. The van der Waals surface area contributed by atoms with E-state index in [0.29, 0.717) is 23.1 Å². The van der Waals surface area contributed by atoms with E-state index >= 15 is 0 Å². The molecular weight excluding hydrogens is 430 g/mol. The highest BCUT2D eigenvalue weighted by Crippen LogP contribution is 2.27. The summed E-state index contributed by atoms with van der Waals surface area (Å²) < 4.78 is 11.2. The first-order valence-electron chi connectivity index (χ1n) is 9.75. The number of furan rings is 1. The zero-order valence-corrected chi connectivity index (χ0v) is 17.9. The molecule has 2 aromatic carbocycles. The van der Waals surface area contributed by atoms with Crippen molar-refractivity contribution in [3.63, 3.8) is 0 Å². The molecule has 2 heterocycles. The van der Waals surface area contributed by atoms with Crippen molar-refractivity contribution in [3.8, 4) is 5.75 Å². The maximum atomic E-state index is 12.5. The third-order valence-electron chi connectivity index (χ3n) is 4.61. The molecule has 0 saturated carbocycles. The second-order valence-electron chi connectivity index (χ2n) is 6.95. The van der Waals surface area contributed by atoms with Crippen LogP contribution in [0.1, 0.15) is 32.4 Å². The summed E-state index contributed by atoms with van der Waals surface area (Å²) in [6.07, 6.45) is 0.489. The number of aryl methyl sites for hydroxylation is 1. The van der Waals surface area contributed by atoms with Gasteiger partial charge in [0.25, 0.3) is 11.6 Å². The summed E-state index contributed by atoms with van der Waals surface area (Å²) in [5, 5.41) is 14.2. The van der Waals surface area contributed by atoms with Gasteiger partial charge in [0.05, 0.1) is 10.6 Å². The number of ether oxygens (including phenoxy) is 1. The lowest BCUT2D eigenvalue weighted by atomic mass is 10.1. The van der Waals surface area contributed by atoms with E-state index in [1.54, 1.807) is 24.3 Å². The summed E-state index contributed by atoms with van der Waals surface area (Å²) in [6, 6.07) is 19.1. The minimum absolute atomic E-state index is 0.0445. The third-order valence-corrected chi connectivity index (χ3v) is 5.68. The van der Waals surface area contributed by atoms with Crippen LogP contribution in [-0.2, 0) is 13.0 Å². The lowest BCUT2D eigenvalue weighted by Crippen LogP contribution is -2.10. The number of thiazole rings is 1. The molecule has 32 heavy (non-hydrogen) atoms. The van der Waals surface area contributed by atoms with Crippen LogP contribution in [-0.4, -0.2) is 15.8 Å². The van der Waals surface area contributed by atoms with Crippen molar-refractivity contribution in [2.75, 3.05) is 5.32 Å². The molecule has 0 atom stereocenters. The molecule has 4 rings (SSSR count). The van der Waals surface area contributed by atoms with Gasteiger partial charge in [-0.3, -0.25) is 20.2 Å². The van der Waals surface area contributed by atoms with Crippen LogP contribution in [0.15, 0.2) is 71.1 Å². The maximum absolute atomic E-state index is 12.5. The van der Waals surface area contributed by atoms with Crippen LogP contribution >= 0.6 is 11.3 Å². The van der Waals surface area contributed by atoms with E-state index in [2.05, 4.69) is 10.3 Å². The lowest BCUT2D eigenvalue weighted by Gasteiger charge is -2.03. The monoisotopic (exact) mass is 449 g/mol. The normalized spacial score (nSPS) is 10.7. The molecule has 4 aromatic rings. The van der Waals surface area contributed by atoms with Gasteiger partial charge in [-0.15, -0.1) is 11.3 Å². The van der Waals surface area contributed by atoms with Crippen LogP contribution < -0.4 is 10.1 Å². The summed E-state index contributed by atoms with van der Waals surface area (Å²) in [5.41, 5.74) is 1.61. The molecule has 162 valence electrons. The zero-order chi connectivity index (χ0) is 22.5. The number of carbonyl (C=O) groups excluding carboxylic acids is 1. The Labute approximate surface area is 187 Å². The molecule has 0 aliphatic rings. The van der Waals surface area contributed by atoms with Gasteiger partial charge in [-0.1, -0.05) is 30.3 Å². The van der Waals surface area contributed by atoms with Gasteiger partial charge in [0.1, 0.15) is 18.1 Å². The van der Waals surface area contributed by atoms with Gasteiger partial charge in [-0.25, -0.2) is 4.98 Å².